The number of carbonyl (C=O) groups is 1. The Labute approximate surface area is 175 Å². The molecule has 6 radical (unpaired) electrons. The molecule has 0 spiro atoms. The van der Waals surface area contributed by atoms with Gasteiger partial charge in [-0.2, -0.15) is 8.42 Å². The SMILES string of the molecule is [B]C1(c2cccc(F)c2Cl)OC(N)=C(OS(=O)(=O)C([B])([B])c2ccccc2)C1=O. The van der Waals surface area contributed by atoms with Crippen molar-refractivity contribution in [3.63, 3.8) is 0 Å². The van der Waals surface area contributed by atoms with Crippen molar-refractivity contribution in [2.75, 3.05) is 0 Å². The van der Waals surface area contributed by atoms with Crippen LogP contribution in [0.3, 0.4) is 0 Å². The number of hydrogen-bond acceptors (Lipinski definition) is 6. The number of ether oxygens (including phenoxy) is 1. The second kappa shape index (κ2) is 7.14. The fourth-order valence-electron chi connectivity index (χ4n) is 2.62. The van der Waals surface area contributed by atoms with Gasteiger partial charge in [0.1, 0.15) is 13.7 Å². The molecule has 0 amide bonds. The van der Waals surface area contributed by atoms with Gasteiger partial charge in [0.15, 0.2) is 5.50 Å². The first-order valence-corrected chi connectivity index (χ1v) is 9.74. The Balaban J connectivity index is 1.97. The predicted octanol–water partition coefficient (Wildman–Crippen LogP) is 1.02. The molecule has 6 nitrogen and oxygen atoms in total. The van der Waals surface area contributed by atoms with Crippen LogP contribution in [0.15, 0.2) is 60.2 Å². The van der Waals surface area contributed by atoms with E-state index in [0.717, 1.165) is 6.07 Å². The lowest BCUT2D eigenvalue weighted by molar-refractivity contribution is -0.126. The van der Waals surface area contributed by atoms with Crippen LogP contribution in [0.25, 0.3) is 0 Å². The Morgan fingerprint density at radius 1 is 1.14 bits per heavy atom. The number of nitrogens with two attached hydrogens (primary N) is 1. The molecular weight excluding hydrogens is 417 g/mol. The molecule has 142 valence electrons. The van der Waals surface area contributed by atoms with Gasteiger partial charge in [-0.05, 0) is 11.6 Å². The summed E-state index contributed by atoms with van der Waals surface area (Å²) in [5.74, 6) is -3.80. The zero-order valence-electron chi connectivity index (χ0n) is 14.6. The van der Waals surface area contributed by atoms with Crippen molar-refractivity contribution in [2.45, 2.75) is 10.0 Å². The first-order valence-electron chi connectivity index (χ1n) is 7.96. The normalized spacial score (nSPS) is 19.9. The number of carbonyl (C=O) groups excluding carboxylic acids is 1. The van der Waals surface area contributed by atoms with Crippen LogP contribution >= 0.6 is 11.6 Å². The first-order chi connectivity index (χ1) is 13.4. The molecular formula is C17H10B3ClFNO5S. The second-order valence-corrected chi connectivity index (χ2v) is 8.29. The quantitative estimate of drug-likeness (QED) is 0.566. The van der Waals surface area contributed by atoms with E-state index in [4.69, 9.17) is 49.8 Å². The maximum atomic E-state index is 13.8. The molecule has 0 bridgehead atoms. The highest BCUT2D eigenvalue weighted by Crippen LogP contribution is 2.40. The molecule has 0 aromatic heterocycles. The smallest absolute Gasteiger partial charge is 0.302 e. The second-order valence-electron chi connectivity index (χ2n) is 6.16. The molecule has 0 aliphatic carbocycles. The van der Waals surface area contributed by atoms with Crippen LogP contribution in [-0.2, 0) is 33.9 Å². The third-order valence-electron chi connectivity index (χ3n) is 4.22. The van der Waals surface area contributed by atoms with Gasteiger partial charge >= 0.3 is 10.1 Å². The van der Waals surface area contributed by atoms with Crippen molar-refractivity contribution in [3.05, 3.63) is 82.1 Å². The van der Waals surface area contributed by atoms with Crippen LogP contribution in [-0.4, -0.2) is 37.7 Å². The minimum atomic E-state index is -4.86. The summed E-state index contributed by atoms with van der Waals surface area (Å²) in [6.07, 6.45) is 0. The van der Waals surface area contributed by atoms with E-state index in [1.54, 1.807) is 6.07 Å². The molecule has 0 saturated heterocycles. The van der Waals surface area contributed by atoms with E-state index < -0.39 is 48.4 Å². The highest BCUT2D eigenvalue weighted by atomic mass is 35.5. The van der Waals surface area contributed by atoms with E-state index >= 15 is 0 Å². The molecule has 2 N–H and O–H groups in total. The van der Waals surface area contributed by atoms with Gasteiger partial charge in [-0.15, -0.1) is 0 Å². The molecule has 2 aromatic rings. The fraction of sp³-hybridized carbons (Fsp3) is 0.118. The number of hydrogen-bond donors (Lipinski definition) is 1. The zero-order chi connectivity index (χ0) is 21.6. The summed E-state index contributed by atoms with van der Waals surface area (Å²) in [6, 6.07) is 10.8. The number of halogens is 2. The third kappa shape index (κ3) is 3.42. The summed E-state index contributed by atoms with van der Waals surface area (Å²) in [7, 11) is 12.6. The Morgan fingerprint density at radius 3 is 2.38 bits per heavy atom. The summed E-state index contributed by atoms with van der Waals surface area (Å²) in [5, 5.41) is -0.503. The highest BCUT2D eigenvalue weighted by Gasteiger charge is 2.51. The summed E-state index contributed by atoms with van der Waals surface area (Å²) < 4.78 is 46.5. The minimum Gasteiger partial charge on any atom is -0.467 e. The number of benzene rings is 2. The summed E-state index contributed by atoms with van der Waals surface area (Å²) in [6.45, 7) is 0. The minimum absolute atomic E-state index is 0.0160. The molecule has 2 aromatic carbocycles. The van der Waals surface area contributed by atoms with E-state index in [1.165, 1.54) is 36.4 Å². The molecule has 12 heteroatoms. The largest absolute Gasteiger partial charge is 0.467 e. The van der Waals surface area contributed by atoms with Crippen molar-refractivity contribution in [3.8, 4) is 0 Å². The Morgan fingerprint density at radius 2 is 1.76 bits per heavy atom. The van der Waals surface area contributed by atoms with Gasteiger partial charge in [-0.3, -0.25) is 4.79 Å². The third-order valence-corrected chi connectivity index (χ3v) is 6.05. The van der Waals surface area contributed by atoms with Crippen LogP contribution in [0.5, 0.6) is 0 Å². The van der Waals surface area contributed by atoms with Crippen LogP contribution in [0, 0.1) is 5.82 Å². The average molecular weight is 427 g/mol. The number of Topliss-reactive ketones (excluding diaryl/α,β-unsaturated/α-hetero) is 1. The summed E-state index contributed by atoms with van der Waals surface area (Å²) >= 11 is 5.86. The molecule has 0 saturated carbocycles. The van der Waals surface area contributed by atoms with Gasteiger partial charge in [-0.25, -0.2) is 4.39 Å². The lowest BCUT2D eigenvalue weighted by Crippen LogP contribution is -2.40. The van der Waals surface area contributed by atoms with Crippen LogP contribution in [0.4, 0.5) is 4.39 Å². The van der Waals surface area contributed by atoms with Gasteiger partial charge in [0.25, 0.3) is 0 Å². The van der Waals surface area contributed by atoms with Gasteiger partial charge in [0.05, 0.1) is 25.3 Å². The van der Waals surface area contributed by atoms with Crippen molar-refractivity contribution >= 4 is 51.0 Å². The Bertz CT molecular complexity index is 1130. The van der Waals surface area contributed by atoms with Gasteiger partial charge in [0.2, 0.25) is 17.4 Å². The molecule has 1 atom stereocenters. The standard InChI is InChI=1S/C17H10B3ClFNO5S/c18-16(10-7-4-8-11(22)12(10)21)14(24)13(15(23)27-16)28-29(25,26)17(19,20)9-5-2-1-3-6-9/h1-8H,23H2. The highest BCUT2D eigenvalue weighted by molar-refractivity contribution is 7.90. The van der Waals surface area contributed by atoms with Crippen molar-refractivity contribution in [1.82, 2.24) is 0 Å². The first kappa shape index (κ1) is 21.3. The van der Waals surface area contributed by atoms with Crippen molar-refractivity contribution in [2.24, 2.45) is 5.73 Å². The van der Waals surface area contributed by atoms with E-state index in [1.807, 2.05) is 0 Å². The lowest BCUT2D eigenvalue weighted by atomic mass is 9.65. The topological polar surface area (TPSA) is 95.7 Å². The maximum absolute atomic E-state index is 13.8. The number of rotatable bonds is 5. The van der Waals surface area contributed by atoms with Crippen molar-refractivity contribution in [1.29, 1.82) is 0 Å². The van der Waals surface area contributed by atoms with Crippen LogP contribution in [0.2, 0.25) is 5.02 Å². The average Bonchev–Trinajstić information content (AvgIpc) is 2.88. The molecule has 3 rings (SSSR count). The van der Waals surface area contributed by atoms with E-state index in [2.05, 4.69) is 0 Å². The zero-order valence-corrected chi connectivity index (χ0v) is 16.2. The predicted molar refractivity (Wildman–Crippen MR) is 106 cm³/mol. The molecule has 1 aliphatic rings. The monoisotopic (exact) mass is 427 g/mol. The van der Waals surface area contributed by atoms with Gasteiger partial charge < -0.3 is 14.7 Å². The van der Waals surface area contributed by atoms with Crippen LogP contribution < -0.4 is 5.73 Å². The van der Waals surface area contributed by atoms with Gasteiger partial charge in [0, 0.05) is 5.56 Å². The van der Waals surface area contributed by atoms with E-state index in [9.17, 15) is 17.6 Å². The number of ketones is 1. The molecule has 1 aliphatic heterocycles. The van der Waals surface area contributed by atoms with Crippen molar-refractivity contribution < 1.29 is 26.5 Å². The molecule has 0 fully saturated rings. The fourth-order valence-corrected chi connectivity index (χ4v) is 3.82. The summed E-state index contributed by atoms with van der Waals surface area (Å²) in [5.41, 5.74) is 2.90. The van der Waals surface area contributed by atoms with Gasteiger partial charge in [-0.1, -0.05) is 54.1 Å². The summed E-state index contributed by atoms with van der Waals surface area (Å²) in [4.78, 5) is 12.8. The van der Waals surface area contributed by atoms with E-state index in [0.29, 0.717) is 0 Å². The van der Waals surface area contributed by atoms with Crippen LogP contribution in [0.1, 0.15) is 11.1 Å². The lowest BCUT2D eigenvalue weighted by Gasteiger charge is -2.27. The molecule has 1 heterocycles. The van der Waals surface area contributed by atoms with E-state index in [-0.39, 0.29) is 11.1 Å². The Kier molecular flexibility index (Phi) is 5.25. The molecule has 29 heavy (non-hydrogen) atoms. The molecule has 1 unspecified atom stereocenters. The maximum Gasteiger partial charge on any atom is 0.302 e. The Hall–Kier alpha value is -2.39.